The molecule has 4 rings (SSSR count). The van der Waals surface area contributed by atoms with Gasteiger partial charge >= 0.3 is 0 Å². The highest BCUT2D eigenvalue weighted by molar-refractivity contribution is 6.30. The van der Waals surface area contributed by atoms with Crippen molar-refractivity contribution in [3.05, 3.63) is 70.7 Å². The van der Waals surface area contributed by atoms with Crippen LogP contribution in [0.5, 0.6) is 0 Å². The van der Waals surface area contributed by atoms with Crippen LogP contribution >= 0.6 is 11.6 Å². The minimum Gasteiger partial charge on any atom is -0.343 e. The second-order valence-electron chi connectivity index (χ2n) is 12.5. The van der Waals surface area contributed by atoms with E-state index < -0.39 is 0 Å². The van der Waals surface area contributed by atoms with Gasteiger partial charge in [0.15, 0.2) is 0 Å². The molecule has 2 fully saturated rings. The average molecular weight is 596 g/mol. The number of carbonyl (C=O) groups is 2. The Hall–Kier alpha value is -2.45. The van der Waals surface area contributed by atoms with E-state index in [1.54, 1.807) is 6.92 Å². The van der Waals surface area contributed by atoms with E-state index in [1.807, 2.05) is 47.4 Å². The van der Waals surface area contributed by atoms with Gasteiger partial charge in [-0.15, -0.1) is 0 Å². The quantitative estimate of drug-likeness (QED) is 0.365. The highest BCUT2D eigenvalue weighted by Gasteiger charge is 2.35. The van der Waals surface area contributed by atoms with Crippen molar-refractivity contribution in [2.45, 2.75) is 83.5 Å². The number of likely N-dealkylation sites (tertiary alicyclic amines) is 2. The summed E-state index contributed by atoms with van der Waals surface area (Å²) in [5, 5.41) is 4.26. The zero-order valence-electron chi connectivity index (χ0n) is 25.7. The summed E-state index contributed by atoms with van der Waals surface area (Å²) in [5.74, 6) is 0.923. The number of nitrogens with two attached hydrogens (primary N) is 1. The van der Waals surface area contributed by atoms with E-state index in [9.17, 15) is 9.59 Å². The molecular formula is C34H50ClN5O2. The molecule has 2 aromatic carbocycles. The van der Waals surface area contributed by atoms with Crippen LogP contribution in [0.2, 0.25) is 5.02 Å². The molecule has 0 saturated carbocycles. The Morgan fingerprint density at radius 1 is 0.929 bits per heavy atom. The normalized spacial score (nSPS) is 18.5. The van der Waals surface area contributed by atoms with Gasteiger partial charge in [0.1, 0.15) is 0 Å². The zero-order valence-corrected chi connectivity index (χ0v) is 26.4. The molecule has 230 valence electrons. The highest BCUT2D eigenvalue weighted by atomic mass is 35.5. The molecular weight excluding hydrogens is 546 g/mol. The molecule has 42 heavy (non-hydrogen) atoms. The van der Waals surface area contributed by atoms with Crippen molar-refractivity contribution < 1.29 is 9.59 Å². The number of amides is 2. The van der Waals surface area contributed by atoms with Crippen molar-refractivity contribution in [2.24, 2.45) is 11.7 Å². The van der Waals surface area contributed by atoms with Crippen LogP contribution in [-0.2, 0) is 16.0 Å². The fourth-order valence-corrected chi connectivity index (χ4v) is 6.68. The number of nitrogens with one attached hydrogen (secondary N) is 1. The lowest BCUT2D eigenvalue weighted by Crippen LogP contribution is -2.56. The van der Waals surface area contributed by atoms with Gasteiger partial charge in [0.2, 0.25) is 11.8 Å². The second-order valence-corrected chi connectivity index (χ2v) is 13.0. The van der Waals surface area contributed by atoms with Crippen LogP contribution in [0.15, 0.2) is 54.6 Å². The number of nitrogens with zero attached hydrogens (tertiary/aromatic N) is 3. The number of hydrogen-bond donors (Lipinski definition) is 2. The van der Waals surface area contributed by atoms with Gasteiger partial charge in [-0.1, -0.05) is 67.9 Å². The van der Waals surface area contributed by atoms with Gasteiger partial charge in [-0.2, -0.15) is 0 Å². The van der Waals surface area contributed by atoms with Crippen molar-refractivity contribution in [3.8, 4) is 0 Å². The Bertz CT molecular complexity index is 1110. The molecule has 3 N–H and O–H groups in total. The van der Waals surface area contributed by atoms with Crippen LogP contribution in [-0.4, -0.2) is 83.9 Å². The Morgan fingerprint density at radius 3 is 2.05 bits per heavy atom. The Balaban J connectivity index is 1.37. The summed E-state index contributed by atoms with van der Waals surface area (Å²) in [6.45, 7) is 11.2. The van der Waals surface area contributed by atoms with Crippen LogP contribution in [0.25, 0.3) is 0 Å². The van der Waals surface area contributed by atoms with E-state index in [2.05, 4.69) is 41.1 Å². The number of hydrogen-bond acceptors (Lipinski definition) is 5. The van der Waals surface area contributed by atoms with Crippen LogP contribution in [0.3, 0.4) is 0 Å². The van der Waals surface area contributed by atoms with Gasteiger partial charge in [-0.25, -0.2) is 0 Å². The van der Waals surface area contributed by atoms with E-state index in [0.29, 0.717) is 36.0 Å². The standard InChI is InChI=1S/C34H50ClN5O2/c1-25(2)24-40(30-14-19-38(20-15-30)26(3)41)31-16-21-39(22-17-31)34(42)33(23-27-9-11-29(35)12-10-27)37-18-13-32(36)28-7-5-4-6-8-28/h4-12,25,30-33,37H,13-24,36H2,1-3H3. The monoisotopic (exact) mass is 595 g/mol. The van der Waals surface area contributed by atoms with Gasteiger partial charge in [-0.05, 0) is 74.2 Å². The summed E-state index contributed by atoms with van der Waals surface area (Å²) in [7, 11) is 0. The van der Waals surface area contributed by atoms with Gasteiger partial charge in [-0.3, -0.25) is 14.5 Å². The van der Waals surface area contributed by atoms with E-state index in [4.69, 9.17) is 17.3 Å². The second kappa shape index (κ2) is 15.9. The third-order valence-corrected chi connectivity index (χ3v) is 9.18. The van der Waals surface area contributed by atoms with Gasteiger partial charge in [0.05, 0.1) is 6.04 Å². The van der Waals surface area contributed by atoms with Crippen molar-refractivity contribution in [1.29, 1.82) is 0 Å². The van der Waals surface area contributed by atoms with Crippen molar-refractivity contribution in [3.63, 3.8) is 0 Å². The van der Waals surface area contributed by atoms with Crippen LogP contribution in [0.1, 0.15) is 70.0 Å². The molecule has 0 aromatic heterocycles. The van der Waals surface area contributed by atoms with E-state index in [-0.39, 0.29) is 23.9 Å². The molecule has 2 aromatic rings. The van der Waals surface area contributed by atoms with Crippen molar-refractivity contribution >= 4 is 23.4 Å². The smallest absolute Gasteiger partial charge is 0.240 e. The first-order valence-electron chi connectivity index (χ1n) is 15.8. The minimum absolute atomic E-state index is 0.0741. The topological polar surface area (TPSA) is 81.9 Å². The van der Waals surface area contributed by atoms with Crippen LogP contribution < -0.4 is 11.1 Å². The molecule has 7 nitrogen and oxygen atoms in total. The Morgan fingerprint density at radius 2 is 1.50 bits per heavy atom. The number of carbonyl (C=O) groups excluding carboxylic acids is 2. The zero-order chi connectivity index (χ0) is 30.1. The summed E-state index contributed by atoms with van der Waals surface area (Å²) < 4.78 is 0. The van der Waals surface area contributed by atoms with Crippen molar-refractivity contribution in [1.82, 2.24) is 20.0 Å². The fourth-order valence-electron chi connectivity index (χ4n) is 6.55. The minimum atomic E-state index is -0.312. The molecule has 2 aliphatic rings. The maximum atomic E-state index is 13.9. The summed E-state index contributed by atoms with van der Waals surface area (Å²) >= 11 is 6.13. The van der Waals surface area contributed by atoms with E-state index in [0.717, 1.165) is 76.0 Å². The summed E-state index contributed by atoms with van der Waals surface area (Å²) in [4.78, 5) is 32.5. The summed E-state index contributed by atoms with van der Waals surface area (Å²) in [6, 6.07) is 18.5. The van der Waals surface area contributed by atoms with E-state index in [1.165, 1.54) is 0 Å². The lowest BCUT2D eigenvalue weighted by atomic mass is 9.94. The molecule has 0 bridgehead atoms. The number of halogens is 1. The van der Waals surface area contributed by atoms with Crippen molar-refractivity contribution in [2.75, 3.05) is 39.3 Å². The van der Waals surface area contributed by atoms with Crippen LogP contribution in [0.4, 0.5) is 0 Å². The summed E-state index contributed by atoms with van der Waals surface area (Å²) in [5.41, 5.74) is 8.66. The largest absolute Gasteiger partial charge is 0.343 e. The molecule has 2 amide bonds. The highest BCUT2D eigenvalue weighted by Crippen LogP contribution is 2.26. The first kappa shape index (κ1) is 32.5. The Labute approximate surface area is 257 Å². The molecule has 8 heteroatoms. The maximum Gasteiger partial charge on any atom is 0.240 e. The first-order chi connectivity index (χ1) is 20.2. The molecule has 2 aliphatic heterocycles. The predicted octanol–water partition coefficient (Wildman–Crippen LogP) is 4.89. The molecule has 2 saturated heterocycles. The SMILES string of the molecule is CC(=O)N1CCC(N(CC(C)C)C2CCN(C(=O)C(Cc3ccc(Cl)cc3)NCCC(N)c3ccccc3)CC2)CC1. The number of piperidine rings is 2. The molecule has 0 spiro atoms. The number of rotatable bonds is 12. The average Bonchev–Trinajstić information content (AvgIpc) is 3.00. The fraction of sp³-hybridized carbons (Fsp3) is 0.588. The predicted molar refractivity (Wildman–Crippen MR) is 171 cm³/mol. The molecule has 2 atom stereocenters. The van der Waals surface area contributed by atoms with E-state index >= 15 is 0 Å². The first-order valence-corrected chi connectivity index (χ1v) is 16.2. The molecule has 2 heterocycles. The number of benzene rings is 2. The molecule has 2 unspecified atom stereocenters. The molecule has 0 aliphatic carbocycles. The maximum absolute atomic E-state index is 13.9. The summed E-state index contributed by atoms with van der Waals surface area (Å²) in [6.07, 6.45) is 5.40. The molecule has 0 radical (unpaired) electrons. The third-order valence-electron chi connectivity index (χ3n) is 8.92. The van der Waals surface area contributed by atoms with Gasteiger partial charge in [0, 0.05) is 62.8 Å². The van der Waals surface area contributed by atoms with Crippen LogP contribution in [0, 0.1) is 5.92 Å². The third kappa shape index (κ3) is 9.27. The Kier molecular flexibility index (Phi) is 12.3. The lowest BCUT2D eigenvalue weighted by Gasteiger charge is -2.46. The lowest BCUT2D eigenvalue weighted by molar-refractivity contribution is -0.135. The van der Waals surface area contributed by atoms with Gasteiger partial charge < -0.3 is 20.9 Å². The van der Waals surface area contributed by atoms with Gasteiger partial charge in [0.25, 0.3) is 0 Å².